The van der Waals surface area contributed by atoms with Gasteiger partial charge in [0.25, 0.3) is 5.91 Å². The van der Waals surface area contributed by atoms with Crippen LogP contribution in [-0.4, -0.2) is 10.9 Å². The number of allylic oxidation sites excluding steroid dienone is 1. The number of carbonyl (C=O) groups is 1. The molecule has 0 spiro atoms. The minimum absolute atomic E-state index is 0.326. The van der Waals surface area contributed by atoms with E-state index in [1.807, 2.05) is 25.1 Å². The third-order valence-corrected chi connectivity index (χ3v) is 3.57. The summed E-state index contributed by atoms with van der Waals surface area (Å²) in [7, 11) is 0. The number of halogens is 1. The van der Waals surface area contributed by atoms with Crippen LogP contribution in [0.3, 0.4) is 0 Å². The van der Waals surface area contributed by atoms with E-state index in [0.717, 1.165) is 11.1 Å². The number of pyridine rings is 1. The molecule has 23 heavy (non-hydrogen) atoms. The van der Waals surface area contributed by atoms with Crippen LogP contribution in [0.4, 0.5) is 10.1 Å². The van der Waals surface area contributed by atoms with Gasteiger partial charge in [-0.2, -0.15) is 0 Å². The molecule has 1 heterocycles. The minimum Gasteiger partial charge on any atom is -0.322 e. The number of amides is 1. The Hall–Kier alpha value is -3.01. The number of nitrogens with zero attached hydrogens (tertiary/aromatic N) is 1. The van der Waals surface area contributed by atoms with E-state index in [0.29, 0.717) is 22.2 Å². The summed E-state index contributed by atoms with van der Waals surface area (Å²) in [4.78, 5) is 16.7. The van der Waals surface area contributed by atoms with Crippen molar-refractivity contribution in [1.82, 2.24) is 4.98 Å². The van der Waals surface area contributed by atoms with Gasteiger partial charge in [0, 0.05) is 17.3 Å². The summed E-state index contributed by atoms with van der Waals surface area (Å²) >= 11 is 0. The van der Waals surface area contributed by atoms with Crippen molar-refractivity contribution in [2.45, 2.75) is 6.92 Å². The van der Waals surface area contributed by atoms with E-state index in [1.165, 1.54) is 12.1 Å². The van der Waals surface area contributed by atoms with Crippen LogP contribution < -0.4 is 5.32 Å². The van der Waals surface area contributed by atoms with Gasteiger partial charge >= 0.3 is 0 Å². The third kappa shape index (κ3) is 2.97. The van der Waals surface area contributed by atoms with Crippen LogP contribution in [0.25, 0.3) is 16.5 Å². The number of hydrogen-bond acceptors (Lipinski definition) is 2. The van der Waals surface area contributed by atoms with Crippen molar-refractivity contribution in [2.24, 2.45) is 0 Å². The van der Waals surface area contributed by atoms with Gasteiger partial charge in [-0.05, 0) is 48.9 Å². The molecule has 4 heteroatoms. The van der Waals surface area contributed by atoms with Gasteiger partial charge in [-0.15, -0.1) is 0 Å². The van der Waals surface area contributed by atoms with Gasteiger partial charge in [0.15, 0.2) is 0 Å². The standard InChI is InChI=1S/C19H15FN2O/c1-12(2)13-5-3-6-14(11-13)22-19(23)16-8-9-17(20)15-7-4-10-21-18(15)16/h3-11H,1H2,2H3,(H,22,23). The number of anilines is 1. The van der Waals surface area contributed by atoms with Gasteiger partial charge in [-0.3, -0.25) is 9.78 Å². The van der Waals surface area contributed by atoms with Gasteiger partial charge < -0.3 is 5.32 Å². The lowest BCUT2D eigenvalue weighted by molar-refractivity contribution is 0.102. The van der Waals surface area contributed by atoms with Crippen molar-refractivity contribution < 1.29 is 9.18 Å². The number of benzene rings is 2. The van der Waals surface area contributed by atoms with E-state index in [2.05, 4.69) is 16.9 Å². The Kier molecular flexibility index (Phi) is 3.89. The maximum atomic E-state index is 13.8. The molecule has 3 aromatic rings. The fourth-order valence-corrected chi connectivity index (χ4v) is 2.38. The van der Waals surface area contributed by atoms with Gasteiger partial charge in [0.05, 0.1) is 11.1 Å². The molecule has 0 unspecified atom stereocenters. The molecule has 0 atom stereocenters. The van der Waals surface area contributed by atoms with E-state index < -0.39 is 5.82 Å². The number of carbonyl (C=O) groups excluding carboxylic acids is 1. The fourth-order valence-electron chi connectivity index (χ4n) is 2.38. The van der Waals surface area contributed by atoms with Crippen LogP contribution in [0, 0.1) is 5.82 Å². The molecule has 1 aromatic heterocycles. The van der Waals surface area contributed by atoms with E-state index in [-0.39, 0.29) is 5.91 Å². The Morgan fingerprint density at radius 3 is 2.78 bits per heavy atom. The van der Waals surface area contributed by atoms with E-state index in [9.17, 15) is 9.18 Å². The second kappa shape index (κ2) is 6.01. The highest BCUT2D eigenvalue weighted by Crippen LogP contribution is 2.22. The fraction of sp³-hybridized carbons (Fsp3) is 0.0526. The van der Waals surface area contributed by atoms with E-state index >= 15 is 0 Å². The van der Waals surface area contributed by atoms with Crippen molar-refractivity contribution in [3.63, 3.8) is 0 Å². The average Bonchev–Trinajstić information content (AvgIpc) is 2.55. The third-order valence-electron chi connectivity index (χ3n) is 3.57. The first-order valence-electron chi connectivity index (χ1n) is 7.17. The normalized spacial score (nSPS) is 10.5. The molecule has 0 radical (unpaired) electrons. The first-order valence-corrected chi connectivity index (χ1v) is 7.17. The van der Waals surface area contributed by atoms with Crippen molar-refractivity contribution in [1.29, 1.82) is 0 Å². The van der Waals surface area contributed by atoms with Crippen LogP contribution in [0.2, 0.25) is 0 Å². The summed E-state index contributed by atoms with van der Waals surface area (Å²) in [6.07, 6.45) is 1.54. The van der Waals surface area contributed by atoms with Crippen LogP contribution in [-0.2, 0) is 0 Å². The van der Waals surface area contributed by atoms with E-state index in [4.69, 9.17) is 0 Å². The lowest BCUT2D eigenvalue weighted by Crippen LogP contribution is -2.13. The smallest absolute Gasteiger partial charge is 0.257 e. The molecule has 114 valence electrons. The molecule has 0 saturated heterocycles. The summed E-state index contributed by atoms with van der Waals surface area (Å²) in [6, 6.07) is 13.4. The van der Waals surface area contributed by atoms with Crippen LogP contribution >= 0.6 is 0 Å². The first-order chi connectivity index (χ1) is 11.1. The maximum Gasteiger partial charge on any atom is 0.257 e. The Balaban J connectivity index is 1.97. The Labute approximate surface area is 133 Å². The highest BCUT2D eigenvalue weighted by Gasteiger charge is 2.14. The van der Waals surface area contributed by atoms with Gasteiger partial charge in [-0.1, -0.05) is 24.3 Å². The molecule has 0 aliphatic carbocycles. The van der Waals surface area contributed by atoms with Crippen molar-refractivity contribution in [2.75, 3.05) is 5.32 Å². The topological polar surface area (TPSA) is 42.0 Å². The second-order valence-corrected chi connectivity index (χ2v) is 5.31. The van der Waals surface area contributed by atoms with Crippen LogP contribution in [0.5, 0.6) is 0 Å². The number of fused-ring (bicyclic) bond motifs is 1. The van der Waals surface area contributed by atoms with Crippen molar-refractivity contribution in [3.05, 3.63) is 78.3 Å². The summed E-state index contributed by atoms with van der Waals surface area (Å²) < 4.78 is 13.8. The molecule has 3 nitrogen and oxygen atoms in total. The Morgan fingerprint density at radius 2 is 2.00 bits per heavy atom. The second-order valence-electron chi connectivity index (χ2n) is 5.31. The number of hydrogen-bond donors (Lipinski definition) is 1. The molecule has 0 aliphatic heterocycles. The van der Waals surface area contributed by atoms with Crippen molar-refractivity contribution in [3.8, 4) is 0 Å². The lowest BCUT2D eigenvalue weighted by Gasteiger charge is -2.09. The van der Waals surface area contributed by atoms with Crippen LogP contribution in [0.15, 0.2) is 61.3 Å². The quantitative estimate of drug-likeness (QED) is 0.764. The number of nitrogens with one attached hydrogen (secondary N) is 1. The minimum atomic E-state index is -0.395. The van der Waals surface area contributed by atoms with Crippen molar-refractivity contribution >= 4 is 28.1 Å². The lowest BCUT2D eigenvalue weighted by atomic mass is 10.1. The summed E-state index contributed by atoms with van der Waals surface area (Å²) in [5.41, 5.74) is 3.20. The monoisotopic (exact) mass is 306 g/mol. The highest BCUT2D eigenvalue weighted by molar-refractivity contribution is 6.12. The summed E-state index contributed by atoms with van der Waals surface area (Å²) in [5.74, 6) is -0.721. The zero-order valence-corrected chi connectivity index (χ0v) is 12.6. The molecule has 1 amide bonds. The zero-order valence-electron chi connectivity index (χ0n) is 12.6. The number of aromatic nitrogens is 1. The van der Waals surface area contributed by atoms with Gasteiger partial charge in [-0.25, -0.2) is 4.39 Å². The molecule has 0 saturated carbocycles. The van der Waals surface area contributed by atoms with Crippen LogP contribution in [0.1, 0.15) is 22.8 Å². The highest BCUT2D eigenvalue weighted by atomic mass is 19.1. The average molecular weight is 306 g/mol. The van der Waals surface area contributed by atoms with Gasteiger partial charge in [0.1, 0.15) is 5.82 Å². The maximum absolute atomic E-state index is 13.8. The predicted molar refractivity (Wildman–Crippen MR) is 90.8 cm³/mol. The molecular weight excluding hydrogens is 291 g/mol. The Morgan fingerprint density at radius 1 is 1.17 bits per heavy atom. The largest absolute Gasteiger partial charge is 0.322 e. The molecule has 0 fully saturated rings. The SMILES string of the molecule is C=C(C)c1cccc(NC(=O)c2ccc(F)c3cccnc23)c1. The summed E-state index contributed by atoms with van der Waals surface area (Å²) in [6.45, 7) is 5.79. The Bertz CT molecular complexity index is 918. The van der Waals surface area contributed by atoms with Gasteiger partial charge in [0.2, 0.25) is 0 Å². The molecule has 1 N–H and O–H groups in total. The molecule has 0 bridgehead atoms. The van der Waals surface area contributed by atoms with E-state index in [1.54, 1.807) is 24.4 Å². The predicted octanol–water partition coefficient (Wildman–Crippen LogP) is 4.66. The molecule has 3 rings (SSSR count). The molecule has 2 aromatic carbocycles. The first kappa shape index (κ1) is 14.9. The molecule has 0 aliphatic rings. The molecular formula is C19H15FN2O. The number of rotatable bonds is 3. The zero-order chi connectivity index (χ0) is 16.4. The summed E-state index contributed by atoms with van der Waals surface area (Å²) in [5, 5.41) is 3.15.